The molecule has 0 aliphatic carbocycles. The van der Waals surface area contributed by atoms with E-state index in [2.05, 4.69) is 4.98 Å². The zero-order chi connectivity index (χ0) is 18.1. The highest BCUT2D eigenvalue weighted by molar-refractivity contribution is 7.15. The molecule has 1 aromatic carbocycles. The van der Waals surface area contributed by atoms with Crippen LogP contribution in [0.15, 0.2) is 30.5 Å². The van der Waals surface area contributed by atoms with Crippen LogP contribution in [0.25, 0.3) is 0 Å². The largest absolute Gasteiger partial charge is 0.416 e. The average Bonchev–Trinajstić information content (AvgIpc) is 2.82. The number of alkyl halides is 6. The summed E-state index contributed by atoms with van der Waals surface area (Å²) in [6.45, 7) is -0.144. The number of anilines is 1. The van der Waals surface area contributed by atoms with Crippen molar-refractivity contribution < 1.29 is 26.3 Å². The fourth-order valence-electron chi connectivity index (χ4n) is 2.31. The molecule has 10 heteroatoms. The molecule has 2 aromatic rings. The molecule has 1 unspecified atom stereocenters. The Balaban J connectivity index is 2.35. The van der Waals surface area contributed by atoms with Gasteiger partial charge in [-0.2, -0.15) is 26.3 Å². The summed E-state index contributed by atoms with van der Waals surface area (Å²) in [5, 5.41) is 0.209. The first-order valence-corrected chi connectivity index (χ1v) is 7.44. The number of nitrogen functional groups attached to an aromatic ring is 1. The Labute approximate surface area is 137 Å². The van der Waals surface area contributed by atoms with Crippen molar-refractivity contribution in [1.29, 1.82) is 0 Å². The molecule has 2 rings (SSSR count). The first-order valence-electron chi connectivity index (χ1n) is 6.63. The molecule has 1 aromatic heterocycles. The van der Waals surface area contributed by atoms with Crippen LogP contribution in [0, 0.1) is 0 Å². The summed E-state index contributed by atoms with van der Waals surface area (Å²) in [6, 6.07) is 1.08. The molecule has 24 heavy (non-hydrogen) atoms. The Morgan fingerprint density at radius 3 is 2.38 bits per heavy atom. The van der Waals surface area contributed by atoms with Gasteiger partial charge in [-0.1, -0.05) is 12.1 Å². The lowest BCUT2D eigenvalue weighted by Crippen LogP contribution is -2.35. The molecule has 0 saturated heterocycles. The molecular weight excluding hydrogens is 356 g/mol. The van der Waals surface area contributed by atoms with Crippen LogP contribution in [0.5, 0.6) is 0 Å². The molecule has 2 N–H and O–H groups in total. The zero-order valence-electron chi connectivity index (χ0n) is 12.3. The first-order chi connectivity index (χ1) is 11.0. The highest BCUT2D eigenvalue weighted by Gasteiger charge is 2.44. The van der Waals surface area contributed by atoms with Gasteiger partial charge in [0.15, 0.2) is 5.13 Å². The Kier molecular flexibility index (Phi) is 5.09. The van der Waals surface area contributed by atoms with Crippen molar-refractivity contribution in [3.05, 3.63) is 46.5 Å². The number of thiazole rings is 1. The predicted molar refractivity (Wildman–Crippen MR) is 78.2 cm³/mol. The highest BCUT2D eigenvalue weighted by atomic mass is 32.1. The number of halogens is 6. The van der Waals surface area contributed by atoms with Gasteiger partial charge in [-0.3, -0.25) is 4.90 Å². The van der Waals surface area contributed by atoms with Gasteiger partial charge in [-0.15, -0.1) is 11.3 Å². The van der Waals surface area contributed by atoms with Crippen LogP contribution < -0.4 is 5.73 Å². The van der Waals surface area contributed by atoms with Gasteiger partial charge in [0.25, 0.3) is 0 Å². The van der Waals surface area contributed by atoms with Crippen molar-refractivity contribution in [3.63, 3.8) is 0 Å². The maximum Gasteiger partial charge on any atom is 0.416 e. The number of hydrogen-bond acceptors (Lipinski definition) is 4. The van der Waals surface area contributed by atoms with Crippen LogP contribution in [-0.4, -0.2) is 23.1 Å². The number of aromatic nitrogens is 1. The Hall–Kier alpha value is -1.81. The third-order valence-corrected chi connectivity index (χ3v) is 4.07. The molecule has 0 saturated carbocycles. The van der Waals surface area contributed by atoms with Gasteiger partial charge >= 0.3 is 12.4 Å². The summed E-state index contributed by atoms with van der Waals surface area (Å²) in [4.78, 5) is 5.15. The van der Waals surface area contributed by atoms with E-state index >= 15 is 0 Å². The van der Waals surface area contributed by atoms with Crippen molar-refractivity contribution in [2.75, 3.05) is 12.8 Å². The number of hydrogen-bond donors (Lipinski definition) is 1. The van der Waals surface area contributed by atoms with E-state index in [1.54, 1.807) is 0 Å². The van der Waals surface area contributed by atoms with Crippen LogP contribution in [0.2, 0.25) is 0 Å². The van der Waals surface area contributed by atoms with Crippen LogP contribution in [0.1, 0.15) is 22.0 Å². The van der Waals surface area contributed by atoms with E-state index in [1.807, 2.05) is 0 Å². The van der Waals surface area contributed by atoms with Gasteiger partial charge in [0, 0.05) is 17.6 Å². The molecule has 0 aliphatic heterocycles. The quantitative estimate of drug-likeness (QED) is 0.808. The minimum absolute atomic E-state index is 0.144. The van der Waals surface area contributed by atoms with Crippen molar-refractivity contribution in [3.8, 4) is 0 Å². The van der Waals surface area contributed by atoms with Crippen molar-refractivity contribution in [2.45, 2.75) is 24.9 Å². The Morgan fingerprint density at radius 2 is 1.88 bits per heavy atom. The summed E-state index contributed by atoms with van der Waals surface area (Å²) in [5.41, 5.74) is 3.84. The Morgan fingerprint density at radius 1 is 1.21 bits per heavy atom. The molecule has 0 spiro atoms. The molecule has 0 radical (unpaired) electrons. The standard InChI is InChI=1S/C14H13F6N3S/c1-23(7-10-6-22-12(21)24-10)11(14(18,19)20)8-3-2-4-9(5-8)13(15,16)17/h2-6,11H,7H2,1H3,(H2,21,22). The van der Waals surface area contributed by atoms with Crippen LogP contribution >= 0.6 is 11.3 Å². The van der Waals surface area contributed by atoms with E-state index in [4.69, 9.17) is 5.73 Å². The van der Waals surface area contributed by atoms with Gasteiger partial charge in [-0.05, 0) is 24.7 Å². The zero-order valence-corrected chi connectivity index (χ0v) is 13.1. The monoisotopic (exact) mass is 369 g/mol. The molecule has 132 valence electrons. The lowest BCUT2D eigenvalue weighted by Gasteiger charge is -2.30. The maximum atomic E-state index is 13.4. The predicted octanol–water partition coefficient (Wildman–Crippen LogP) is 4.48. The van der Waals surface area contributed by atoms with E-state index in [0.29, 0.717) is 10.9 Å². The molecule has 0 aliphatic rings. The van der Waals surface area contributed by atoms with E-state index in [1.165, 1.54) is 13.2 Å². The van der Waals surface area contributed by atoms with E-state index < -0.39 is 29.5 Å². The van der Waals surface area contributed by atoms with Gasteiger partial charge in [0.1, 0.15) is 6.04 Å². The maximum absolute atomic E-state index is 13.4. The van der Waals surface area contributed by atoms with Crippen LogP contribution in [-0.2, 0) is 12.7 Å². The van der Waals surface area contributed by atoms with Gasteiger partial charge < -0.3 is 5.73 Å². The van der Waals surface area contributed by atoms with Gasteiger partial charge in [-0.25, -0.2) is 4.98 Å². The molecule has 3 nitrogen and oxygen atoms in total. The lowest BCUT2D eigenvalue weighted by molar-refractivity contribution is -0.184. The molecule has 1 heterocycles. The second-order valence-electron chi connectivity index (χ2n) is 5.15. The highest BCUT2D eigenvalue weighted by Crippen LogP contribution is 2.40. The van der Waals surface area contributed by atoms with Gasteiger partial charge in [0.05, 0.1) is 5.56 Å². The second kappa shape index (κ2) is 6.60. The summed E-state index contributed by atoms with van der Waals surface area (Å²) >= 11 is 1.02. The smallest absolute Gasteiger partial charge is 0.375 e. The van der Waals surface area contributed by atoms with Crippen molar-refractivity contribution in [1.82, 2.24) is 9.88 Å². The molecule has 0 bridgehead atoms. The molecular formula is C14H13F6N3S. The van der Waals surface area contributed by atoms with E-state index in [9.17, 15) is 26.3 Å². The van der Waals surface area contributed by atoms with Crippen LogP contribution in [0.3, 0.4) is 0 Å². The molecule has 1 atom stereocenters. The summed E-state index contributed by atoms with van der Waals surface area (Å²) < 4.78 is 78.6. The summed E-state index contributed by atoms with van der Waals surface area (Å²) in [7, 11) is 1.19. The third kappa shape index (κ3) is 4.38. The molecule has 0 fully saturated rings. The number of benzene rings is 1. The minimum atomic E-state index is -4.74. The molecule has 0 amide bonds. The van der Waals surface area contributed by atoms with E-state index in [-0.39, 0.29) is 11.7 Å². The van der Waals surface area contributed by atoms with Crippen molar-refractivity contribution in [2.24, 2.45) is 0 Å². The summed E-state index contributed by atoms with van der Waals surface area (Å²) in [6.07, 6.45) is -8.11. The Bertz CT molecular complexity index is 694. The number of rotatable bonds is 4. The fourth-order valence-corrected chi connectivity index (χ4v) is 3.06. The SMILES string of the molecule is CN(Cc1cnc(N)s1)C(c1cccc(C(F)(F)F)c1)C(F)(F)F. The fraction of sp³-hybridized carbons (Fsp3) is 0.357. The summed E-state index contributed by atoms with van der Waals surface area (Å²) in [5.74, 6) is 0. The number of nitrogens with two attached hydrogens (primary N) is 1. The third-order valence-electron chi connectivity index (χ3n) is 3.26. The van der Waals surface area contributed by atoms with Crippen molar-refractivity contribution >= 4 is 16.5 Å². The normalized spacial score (nSPS) is 14.2. The van der Waals surface area contributed by atoms with Crippen LogP contribution in [0.4, 0.5) is 31.5 Å². The minimum Gasteiger partial charge on any atom is -0.375 e. The first kappa shape index (κ1) is 18.5. The second-order valence-corrected chi connectivity index (χ2v) is 6.29. The number of nitrogens with zero attached hydrogens (tertiary/aromatic N) is 2. The average molecular weight is 369 g/mol. The van der Waals surface area contributed by atoms with Gasteiger partial charge in [0.2, 0.25) is 0 Å². The lowest BCUT2D eigenvalue weighted by atomic mass is 10.0. The topological polar surface area (TPSA) is 42.2 Å². The van der Waals surface area contributed by atoms with E-state index in [0.717, 1.165) is 34.4 Å².